The molecular weight excluding hydrogens is 469 g/mol. The van der Waals surface area contributed by atoms with Gasteiger partial charge in [0.15, 0.2) is 5.16 Å². The topological polar surface area (TPSA) is 104 Å². The molecule has 1 aromatic heterocycles. The van der Waals surface area contributed by atoms with Crippen molar-refractivity contribution in [3.05, 3.63) is 87.8 Å². The summed E-state index contributed by atoms with van der Waals surface area (Å²) in [6, 6.07) is 15.4. The minimum absolute atomic E-state index is 0.0823. The second-order valence-corrected chi connectivity index (χ2v) is 8.15. The van der Waals surface area contributed by atoms with Crippen molar-refractivity contribution in [3.8, 4) is 0 Å². The van der Waals surface area contributed by atoms with E-state index in [4.69, 9.17) is 0 Å². The Bertz CT molecular complexity index is 1200. The summed E-state index contributed by atoms with van der Waals surface area (Å²) in [6.45, 7) is 0.424. The van der Waals surface area contributed by atoms with Crippen LogP contribution in [0.5, 0.6) is 0 Å². The standard InChI is InChI=1S/C23H21F3N4O3S/c24-23(25,26)17-8-4-5-9-18(17)29-21(33)14-34-22-28-16(13-20(32)30-22)12-19(31)27-11-10-15-6-2-1-3-7-15/h1-9,13H,10-12,14H2,(H,27,31)(H,29,33)(H,28,30,32). The zero-order valence-electron chi connectivity index (χ0n) is 17.8. The molecule has 178 valence electrons. The number of nitrogens with one attached hydrogen (secondary N) is 3. The van der Waals surface area contributed by atoms with Crippen LogP contribution in [0.25, 0.3) is 0 Å². The number of hydrogen-bond acceptors (Lipinski definition) is 5. The number of hydrogen-bond donors (Lipinski definition) is 3. The van der Waals surface area contributed by atoms with E-state index in [9.17, 15) is 27.6 Å². The first-order chi connectivity index (χ1) is 16.2. The number of halogens is 3. The van der Waals surface area contributed by atoms with Crippen molar-refractivity contribution in [1.82, 2.24) is 15.3 Å². The predicted molar refractivity (Wildman–Crippen MR) is 123 cm³/mol. The van der Waals surface area contributed by atoms with Crippen LogP contribution < -0.4 is 16.2 Å². The molecule has 0 saturated heterocycles. The molecule has 0 saturated carbocycles. The fourth-order valence-corrected chi connectivity index (χ4v) is 3.71. The zero-order chi connectivity index (χ0) is 24.6. The maximum Gasteiger partial charge on any atom is 0.418 e. The molecule has 0 aliphatic rings. The van der Waals surface area contributed by atoms with Crippen molar-refractivity contribution >= 4 is 29.3 Å². The summed E-state index contributed by atoms with van der Waals surface area (Å²) in [5.41, 5.74) is -0.534. The third-order valence-electron chi connectivity index (χ3n) is 4.54. The van der Waals surface area contributed by atoms with Crippen molar-refractivity contribution in [3.63, 3.8) is 0 Å². The van der Waals surface area contributed by atoms with Crippen molar-refractivity contribution in [2.75, 3.05) is 17.6 Å². The van der Waals surface area contributed by atoms with Crippen molar-refractivity contribution in [2.45, 2.75) is 24.2 Å². The minimum atomic E-state index is -4.61. The van der Waals surface area contributed by atoms with Crippen LogP contribution in [0, 0.1) is 0 Å². The Kier molecular flexibility index (Phi) is 8.47. The number of benzene rings is 2. The van der Waals surface area contributed by atoms with Crippen molar-refractivity contribution < 1.29 is 22.8 Å². The lowest BCUT2D eigenvalue weighted by Crippen LogP contribution is -2.28. The minimum Gasteiger partial charge on any atom is -0.355 e. The fourth-order valence-electron chi connectivity index (χ4n) is 3.02. The van der Waals surface area contributed by atoms with Crippen molar-refractivity contribution in [1.29, 1.82) is 0 Å². The van der Waals surface area contributed by atoms with Crippen molar-refractivity contribution in [2.24, 2.45) is 0 Å². The number of para-hydroxylation sites is 1. The molecule has 2 amide bonds. The molecule has 34 heavy (non-hydrogen) atoms. The third kappa shape index (κ3) is 7.77. The van der Waals surface area contributed by atoms with E-state index in [0.29, 0.717) is 13.0 Å². The molecule has 3 aromatic rings. The van der Waals surface area contributed by atoms with Crippen LogP contribution in [-0.2, 0) is 28.6 Å². The Balaban J connectivity index is 1.53. The van der Waals surface area contributed by atoms with E-state index in [0.717, 1.165) is 29.5 Å². The summed E-state index contributed by atoms with van der Waals surface area (Å²) in [6.07, 6.45) is -4.08. The maximum atomic E-state index is 13.1. The number of rotatable bonds is 9. The third-order valence-corrected chi connectivity index (χ3v) is 5.41. The largest absolute Gasteiger partial charge is 0.418 e. The molecule has 7 nitrogen and oxygen atoms in total. The summed E-state index contributed by atoms with van der Waals surface area (Å²) < 4.78 is 39.2. The molecule has 3 N–H and O–H groups in total. The first kappa shape index (κ1) is 25.0. The molecule has 0 radical (unpaired) electrons. The van der Waals surface area contributed by atoms with E-state index in [-0.39, 0.29) is 34.6 Å². The van der Waals surface area contributed by atoms with Gasteiger partial charge in [-0.25, -0.2) is 4.98 Å². The number of carbonyl (C=O) groups is 2. The monoisotopic (exact) mass is 490 g/mol. The van der Waals surface area contributed by atoms with E-state index in [1.165, 1.54) is 18.2 Å². The van der Waals surface area contributed by atoms with Crippen LogP contribution >= 0.6 is 11.8 Å². The van der Waals surface area contributed by atoms with Gasteiger partial charge >= 0.3 is 6.18 Å². The number of thioether (sulfide) groups is 1. The number of carbonyl (C=O) groups excluding carboxylic acids is 2. The van der Waals surface area contributed by atoms with Crippen LogP contribution in [0.15, 0.2) is 70.6 Å². The Morgan fingerprint density at radius 1 is 1.00 bits per heavy atom. The highest BCUT2D eigenvalue weighted by Gasteiger charge is 2.33. The van der Waals surface area contributed by atoms with Gasteiger partial charge in [0.2, 0.25) is 11.8 Å². The van der Waals surface area contributed by atoms with E-state index < -0.39 is 23.2 Å². The summed E-state index contributed by atoms with van der Waals surface area (Å²) in [7, 11) is 0. The number of H-pyrrole nitrogens is 1. The number of aromatic nitrogens is 2. The lowest BCUT2D eigenvalue weighted by atomic mass is 10.1. The summed E-state index contributed by atoms with van der Waals surface area (Å²) in [4.78, 5) is 42.9. The lowest BCUT2D eigenvalue weighted by Gasteiger charge is -2.13. The average Bonchev–Trinajstić information content (AvgIpc) is 2.78. The number of anilines is 1. The van der Waals surface area contributed by atoms with Gasteiger partial charge in [0, 0.05) is 12.6 Å². The molecule has 0 aliphatic heterocycles. The quantitative estimate of drug-likeness (QED) is 0.315. The van der Waals surface area contributed by atoms with Gasteiger partial charge < -0.3 is 15.6 Å². The smallest absolute Gasteiger partial charge is 0.355 e. The molecule has 0 bridgehead atoms. The van der Waals surface area contributed by atoms with Crippen LogP contribution in [-0.4, -0.2) is 34.1 Å². The van der Waals surface area contributed by atoms with E-state index in [1.54, 1.807) is 0 Å². The highest BCUT2D eigenvalue weighted by Crippen LogP contribution is 2.34. The molecule has 0 fully saturated rings. The summed E-state index contributed by atoms with van der Waals surface area (Å²) in [5.74, 6) is -1.30. The number of amides is 2. The Labute approximate surface area is 197 Å². The second kappa shape index (κ2) is 11.5. The molecule has 0 atom stereocenters. The molecule has 11 heteroatoms. The van der Waals surface area contributed by atoms with Gasteiger partial charge in [-0.1, -0.05) is 54.2 Å². The van der Waals surface area contributed by atoms with Gasteiger partial charge in [-0.15, -0.1) is 0 Å². The van der Waals surface area contributed by atoms with Gasteiger partial charge in [-0.2, -0.15) is 13.2 Å². The van der Waals surface area contributed by atoms with Crippen LogP contribution in [0.3, 0.4) is 0 Å². The molecule has 0 spiro atoms. The highest BCUT2D eigenvalue weighted by atomic mass is 32.2. The zero-order valence-corrected chi connectivity index (χ0v) is 18.6. The number of aromatic amines is 1. The first-order valence-corrected chi connectivity index (χ1v) is 11.2. The Morgan fingerprint density at radius 2 is 1.71 bits per heavy atom. The van der Waals surface area contributed by atoms with E-state index >= 15 is 0 Å². The molecule has 0 aliphatic carbocycles. The van der Waals surface area contributed by atoms with Gasteiger partial charge in [-0.3, -0.25) is 14.4 Å². The van der Waals surface area contributed by atoms with Gasteiger partial charge in [0.25, 0.3) is 5.56 Å². The Morgan fingerprint density at radius 3 is 2.44 bits per heavy atom. The van der Waals surface area contributed by atoms with E-state index in [2.05, 4.69) is 20.6 Å². The molecule has 1 heterocycles. The van der Waals surface area contributed by atoms with E-state index in [1.807, 2.05) is 30.3 Å². The average molecular weight is 491 g/mol. The van der Waals surface area contributed by atoms with Gasteiger partial charge in [-0.05, 0) is 24.1 Å². The number of alkyl halides is 3. The van der Waals surface area contributed by atoms with Crippen LogP contribution in [0.4, 0.5) is 18.9 Å². The first-order valence-electron chi connectivity index (χ1n) is 10.2. The highest BCUT2D eigenvalue weighted by molar-refractivity contribution is 7.99. The van der Waals surface area contributed by atoms with Crippen LogP contribution in [0.1, 0.15) is 16.8 Å². The van der Waals surface area contributed by atoms with Gasteiger partial charge in [0.05, 0.1) is 29.1 Å². The maximum absolute atomic E-state index is 13.1. The summed E-state index contributed by atoms with van der Waals surface area (Å²) in [5, 5.41) is 5.06. The molecule has 0 unspecified atom stereocenters. The van der Waals surface area contributed by atoms with Crippen LogP contribution in [0.2, 0.25) is 0 Å². The fraction of sp³-hybridized carbons (Fsp3) is 0.217. The lowest BCUT2D eigenvalue weighted by molar-refractivity contribution is -0.137. The second-order valence-electron chi connectivity index (χ2n) is 7.18. The SMILES string of the molecule is O=C(Cc1cc(=O)[nH]c(SCC(=O)Nc2ccccc2C(F)(F)F)n1)NCCc1ccccc1. The normalized spacial score (nSPS) is 11.1. The summed E-state index contributed by atoms with van der Waals surface area (Å²) >= 11 is 0.840. The predicted octanol–water partition coefficient (Wildman–Crippen LogP) is 3.42. The number of nitrogens with zero attached hydrogens (tertiary/aromatic N) is 1. The van der Waals surface area contributed by atoms with Gasteiger partial charge in [0.1, 0.15) is 0 Å². The molecule has 2 aromatic carbocycles. The molecular formula is C23H21F3N4O3S. The Hall–Kier alpha value is -3.60. The molecule has 3 rings (SSSR count).